The number of nitriles is 1. The van der Waals surface area contributed by atoms with E-state index in [0.717, 1.165) is 77.6 Å². The number of pyridine rings is 1. The maximum Gasteiger partial charge on any atom is 0.141 e. The van der Waals surface area contributed by atoms with E-state index in [1.807, 2.05) is 42.3 Å². The van der Waals surface area contributed by atoms with E-state index in [-0.39, 0.29) is 12.2 Å². The van der Waals surface area contributed by atoms with E-state index in [1.54, 1.807) is 6.07 Å². The Morgan fingerprint density at radius 2 is 1.87 bits per heavy atom. The Balaban J connectivity index is 1.44. The van der Waals surface area contributed by atoms with Gasteiger partial charge in [-0.25, -0.2) is 4.39 Å². The molecule has 1 N–H and O–H groups in total. The normalized spacial score (nSPS) is 14.9. The van der Waals surface area contributed by atoms with Gasteiger partial charge in [-0.05, 0) is 67.7 Å². The first-order valence-electron chi connectivity index (χ1n) is 13.0. The number of benzene rings is 2. The van der Waals surface area contributed by atoms with E-state index in [9.17, 15) is 14.8 Å². The van der Waals surface area contributed by atoms with Gasteiger partial charge in [0, 0.05) is 48.2 Å². The molecule has 1 fully saturated rings. The van der Waals surface area contributed by atoms with Crippen molar-refractivity contribution in [3.63, 3.8) is 0 Å². The van der Waals surface area contributed by atoms with Crippen molar-refractivity contribution in [1.82, 2.24) is 24.2 Å². The van der Waals surface area contributed by atoms with Crippen molar-refractivity contribution in [2.45, 2.75) is 19.4 Å². The molecule has 1 aliphatic rings. The molecule has 0 aliphatic carbocycles. The number of rotatable bonds is 6. The molecular weight excluding hydrogens is 479 g/mol. The highest BCUT2D eigenvalue weighted by Gasteiger charge is 2.22. The standard InChI is InChI=1S/C30H29FN6O/c1-35-27-5-4-22(14-24(27)17-34-35)30-29(21-2-3-23(16-32)26(31)15-21)25-8-11-37(28(25)18-33-30)19-20-6-9-36(10-7-20)12-13-38/h2-5,8,11,14-15,17-18,20,38H,6-7,9-10,12-13,19H2,1H3. The number of likely N-dealkylation sites (tertiary alicyclic amines) is 1. The van der Waals surface area contributed by atoms with Gasteiger partial charge >= 0.3 is 0 Å². The van der Waals surface area contributed by atoms with Crippen molar-refractivity contribution in [2.75, 3.05) is 26.2 Å². The van der Waals surface area contributed by atoms with Crippen LogP contribution in [0, 0.1) is 23.1 Å². The summed E-state index contributed by atoms with van der Waals surface area (Å²) in [6, 6.07) is 14.9. The Bertz CT molecular complexity index is 1670. The van der Waals surface area contributed by atoms with Crippen molar-refractivity contribution >= 4 is 21.8 Å². The average Bonchev–Trinajstić information content (AvgIpc) is 3.52. The molecule has 3 aromatic heterocycles. The average molecular weight is 509 g/mol. The van der Waals surface area contributed by atoms with Gasteiger partial charge in [-0.15, -0.1) is 0 Å². The van der Waals surface area contributed by atoms with Crippen molar-refractivity contribution in [2.24, 2.45) is 13.0 Å². The second-order valence-electron chi connectivity index (χ2n) is 10.1. The van der Waals surface area contributed by atoms with E-state index in [4.69, 9.17) is 4.98 Å². The van der Waals surface area contributed by atoms with E-state index < -0.39 is 5.82 Å². The Morgan fingerprint density at radius 1 is 1.05 bits per heavy atom. The van der Waals surface area contributed by atoms with Gasteiger partial charge < -0.3 is 14.6 Å². The van der Waals surface area contributed by atoms with E-state index in [1.165, 1.54) is 12.1 Å². The molecule has 0 amide bonds. The van der Waals surface area contributed by atoms with Crippen LogP contribution < -0.4 is 0 Å². The molecule has 5 aromatic rings. The maximum atomic E-state index is 14.8. The third-order valence-electron chi connectivity index (χ3n) is 7.80. The number of fused-ring (bicyclic) bond motifs is 2. The second-order valence-corrected chi connectivity index (χ2v) is 10.1. The van der Waals surface area contributed by atoms with Gasteiger partial charge in [-0.3, -0.25) is 9.67 Å². The summed E-state index contributed by atoms with van der Waals surface area (Å²) in [4.78, 5) is 7.24. The number of hydrogen-bond donors (Lipinski definition) is 1. The number of aliphatic hydroxyl groups excluding tert-OH is 1. The van der Waals surface area contributed by atoms with Gasteiger partial charge in [0.1, 0.15) is 11.9 Å². The lowest BCUT2D eigenvalue weighted by molar-refractivity contribution is 0.142. The molecular formula is C30H29FN6O. The quantitative estimate of drug-likeness (QED) is 0.350. The van der Waals surface area contributed by atoms with Crippen LogP contribution in [0.1, 0.15) is 18.4 Å². The van der Waals surface area contributed by atoms with Gasteiger partial charge in [-0.1, -0.05) is 12.1 Å². The zero-order valence-electron chi connectivity index (χ0n) is 21.3. The monoisotopic (exact) mass is 508 g/mol. The number of piperidine rings is 1. The van der Waals surface area contributed by atoms with E-state index >= 15 is 0 Å². The molecule has 0 unspecified atom stereocenters. The SMILES string of the molecule is Cn1ncc2cc(-c3ncc4c(ccn4CC4CCN(CCO)CC4)c3-c3ccc(C#N)c(F)c3)ccc21. The van der Waals surface area contributed by atoms with E-state index in [0.29, 0.717) is 11.5 Å². The van der Waals surface area contributed by atoms with Crippen molar-refractivity contribution < 1.29 is 9.50 Å². The topological polar surface area (TPSA) is 82.9 Å². The van der Waals surface area contributed by atoms with Crippen LogP contribution in [-0.2, 0) is 13.6 Å². The van der Waals surface area contributed by atoms with Crippen molar-refractivity contribution in [1.29, 1.82) is 5.26 Å². The first-order chi connectivity index (χ1) is 18.6. The summed E-state index contributed by atoms with van der Waals surface area (Å²) in [6.45, 7) is 3.83. The summed E-state index contributed by atoms with van der Waals surface area (Å²) in [5.41, 5.74) is 5.29. The minimum atomic E-state index is -0.537. The van der Waals surface area contributed by atoms with Crippen LogP contribution in [0.4, 0.5) is 4.39 Å². The second kappa shape index (κ2) is 10.0. The zero-order chi connectivity index (χ0) is 26.2. The summed E-state index contributed by atoms with van der Waals surface area (Å²) in [7, 11) is 1.91. The third kappa shape index (κ3) is 4.34. The number of nitrogens with zero attached hydrogens (tertiary/aromatic N) is 6. The summed E-state index contributed by atoms with van der Waals surface area (Å²) >= 11 is 0. The molecule has 0 saturated carbocycles. The fourth-order valence-electron chi connectivity index (χ4n) is 5.71. The first-order valence-corrected chi connectivity index (χ1v) is 13.0. The van der Waals surface area contributed by atoms with Crippen LogP contribution >= 0.6 is 0 Å². The first kappa shape index (κ1) is 24.3. The highest BCUT2D eigenvalue weighted by molar-refractivity contribution is 6.02. The summed E-state index contributed by atoms with van der Waals surface area (Å²) < 4.78 is 18.9. The fraction of sp³-hybridized carbons (Fsp3) is 0.300. The zero-order valence-corrected chi connectivity index (χ0v) is 21.3. The minimum Gasteiger partial charge on any atom is -0.395 e. The van der Waals surface area contributed by atoms with Gasteiger partial charge in [0.2, 0.25) is 0 Å². The molecule has 7 nitrogen and oxygen atoms in total. The van der Waals surface area contributed by atoms with Crippen molar-refractivity contribution in [3.8, 4) is 28.5 Å². The van der Waals surface area contributed by atoms with Crippen LogP contribution in [0.25, 0.3) is 44.2 Å². The molecule has 6 rings (SSSR count). The van der Waals surface area contributed by atoms with Crippen LogP contribution in [0.3, 0.4) is 0 Å². The maximum absolute atomic E-state index is 14.8. The molecule has 0 radical (unpaired) electrons. The number of aryl methyl sites for hydroxylation is 1. The molecule has 0 atom stereocenters. The van der Waals surface area contributed by atoms with Gasteiger partial charge in [0.05, 0.1) is 41.3 Å². The molecule has 0 bridgehead atoms. The third-order valence-corrected chi connectivity index (χ3v) is 7.80. The molecule has 192 valence electrons. The molecule has 0 spiro atoms. The molecule has 2 aromatic carbocycles. The Morgan fingerprint density at radius 3 is 2.63 bits per heavy atom. The lowest BCUT2D eigenvalue weighted by Gasteiger charge is -2.31. The lowest BCUT2D eigenvalue weighted by Crippen LogP contribution is -2.36. The van der Waals surface area contributed by atoms with Gasteiger partial charge in [0.25, 0.3) is 0 Å². The summed E-state index contributed by atoms with van der Waals surface area (Å²) in [5, 5.41) is 24.9. The van der Waals surface area contributed by atoms with Crippen molar-refractivity contribution in [3.05, 3.63) is 72.4 Å². The Kier molecular flexibility index (Phi) is 6.40. The number of β-amino-alcohol motifs (C(OH)–C–C–N with tert-alkyl or cyclic N) is 1. The molecule has 1 saturated heterocycles. The molecule has 1 aliphatic heterocycles. The number of hydrogen-bond acceptors (Lipinski definition) is 5. The largest absolute Gasteiger partial charge is 0.395 e. The Hall–Kier alpha value is -4.06. The van der Waals surface area contributed by atoms with Crippen LogP contribution in [0.5, 0.6) is 0 Å². The number of halogens is 1. The highest BCUT2D eigenvalue weighted by atomic mass is 19.1. The predicted octanol–water partition coefficient (Wildman–Crippen LogP) is 4.97. The van der Waals surface area contributed by atoms with Gasteiger partial charge in [-0.2, -0.15) is 10.4 Å². The predicted molar refractivity (Wildman–Crippen MR) is 146 cm³/mol. The summed E-state index contributed by atoms with van der Waals surface area (Å²) in [5.74, 6) is 0.00810. The molecule has 4 heterocycles. The van der Waals surface area contributed by atoms with Crippen LogP contribution in [0.2, 0.25) is 0 Å². The van der Waals surface area contributed by atoms with E-state index in [2.05, 4.69) is 32.9 Å². The minimum absolute atomic E-state index is 0.0253. The molecule has 8 heteroatoms. The highest BCUT2D eigenvalue weighted by Crippen LogP contribution is 2.39. The fourth-order valence-corrected chi connectivity index (χ4v) is 5.71. The lowest BCUT2D eigenvalue weighted by atomic mass is 9.94. The smallest absolute Gasteiger partial charge is 0.141 e. The molecule has 38 heavy (non-hydrogen) atoms. The summed E-state index contributed by atoms with van der Waals surface area (Å²) in [6.07, 6.45) is 8.03. The van der Waals surface area contributed by atoms with Gasteiger partial charge in [0.15, 0.2) is 0 Å². The van der Waals surface area contributed by atoms with Crippen LogP contribution in [-0.4, -0.2) is 55.6 Å². The number of aromatic nitrogens is 4. The number of aliphatic hydroxyl groups is 1. The Labute approximate surface area is 220 Å². The van der Waals surface area contributed by atoms with Crippen LogP contribution in [0.15, 0.2) is 61.1 Å².